The van der Waals surface area contributed by atoms with Crippen LogP contribution in [0, 0.1) is 5.92 Å². The van der Waals surface area contributed by atoms with E-state index in [4.69, 9.17) is 4.74 Å². The van der Waals surface area contributed by atoms with E-state index in [9.17, 15) is 0 Å². The Morgan fingerprint density at radius 1 is 1.00 bits per heavy atom. The molecular formula is C18H22BrNO. The summed E-state index contributed by atoms with van der Waals surface area (Å²) in [7, 11) is 0. The molecule has 0 bridgehead atoms. The first-order valence-electron chi connectivity index (χ1n) is 7.31. The molecule has 0 unspecified atom stereocenters. The number of halogens is 1. The van der Waals surface area contributed by atoms with E-state index in [1.165, 1.54) is 11.1 Å². The van der Waals surface area contributed by atoms with Crippen molar-refractivity contribution in [2.45, 2.75) is 27.0 Å². The zero-order chi connectivity index (χ0) is 15.1. The summed E-state index contributed by atoms with van der Waals surface area (Å²) in [5, 5.41) is 3.45. The number of hydrogen-bond donors (Lipinski definition) is 1. The van der Waals surface area contributed by atoms with Gasteiger partial charge in [-0.1, -0.05) is 50.2 Å². The predicted molar refractivity (Wildman–Crippen MR) is 91.5 cm³/mol. The molecule has 2 aromatic carbocycles. The van der Waals surface area contributed by atoms with Crippen molar-refractivity contribution in [1.82, 2.24) is 5.32 Å². The molecule has 0 aliphatic carbocycles. The Bertz CT molecular complexity index is 551. The molecule has 0 radical (unpaired) electrons. The van der Waals surface area contributed by atoms with Crippen molar-refractivity contribution in [3.05, 3.63) is 64.1 Å². The summed E-state index contributed by atoms with van der Waals surface area (Å²) in [5.74, 6) is 1.56. The van der Waals surface area contributed by atoms with Crippen LogP contribution in [0.1, 0.15) is 25.0 Å². The highest BCUT2D eigenvalue weighted by atomic mass is 79.9. The Balaban J connectivity index is 1.84. The summed E-state index contributed by atoms with van der Waals surface area (Å²) in [6.45, 7) is 6.99. The lowest BCUT2D eigenvalue weighted by Crippen LogP contribution is -2.18. The summed E-state index contributed by atoms with van der Waals surface area (Å²) < 4.78 is 6.80. The highest BCUT2D eigenvalue weighted by Gasteiger charge is 2.01. The lowest BCUT2D eigenvalue weighted by atomic mass is 10.1. The first-order chi connectivity index (χ1) is 10.1. The Kier molecular flexibility index (Phi) is 6.27. The van der Waals surface area contributed by atoms with E-state index < -0.39 is 0 Å². The van der Waals surface area contributed by atoms with Gasteiger partial charge in [0.1, 0.15) is 12.4 Å². The van der Waals surface area contributed by atoms with Crippen LogP contribution in [0.4, 0.5) is 0 Å². The highest BCUT2D eigenvalue weighted by molar-refractivity contribution is 9.10. The smallest absolute Gasteiger partial charge is 0.133 e. The van der Waals surface area contributed by atoms with Gasteiger partial charge < -0.3 is 10.1 Å². The van der Waals surface area contributed by atoms with Gasteiger partial charge in [0.25, 0.3) is 0 Å². The van der Waals surface area contributed by atoms with Gasteiger partial charge in [-0.3, -0.25) is 0 Å². The average Bonchev–Trinajstić information content (AvgIpc) is 2.47. The number of nitrogens with one attached hydrogen (secondary N) is 1. The number of ether oxygens (including phenoxy) is 1. The Morgan fingerprint density at radius 2 is 1.67 bits per heavy atom. The van der Waals surface area contributed by atoms with E-state index in [-0.39, 0.29) is 0 Å². The third kappa shape index (κ3) is 5.52. The lowest BCUT2D eigenvalue weighted by Gasteiger charge is -2.10. The Morgan fingerprint density at radius 3 is 2.33 bits per heavy atom. The van der Waals surface area contributed by atoms with Crippen LogP contribution < -0.4 is 10.1 Å². The molecule has 1 N–H and O–H groups in total. The van der Waals surface area contributed by atoms with Gasteiger partial charge in [0.05, 0.1) is 4.47 Å². The van der Waals surface area contributed by atoms with Crippen LogP contribution in [0.15, 0.2) is 53.0 Å². The average molecular weight is 348 g/mol. The maximum Gasteiger partial charge on any atom is 0.133 e. The number of hydrogen-bond acceptors (Lipinski definition) is 2. The van der Waals surface area contributed by atoms with E-state index in [0.717, 1.165) is 23.3 Å². The van der Waals surface area contributed by atoms with Crippen molar-refractivity contribution in [3.63, 3.8) is 0 Å². The summed E-state index contributed by atoms with van der Waals surface area (Å²) in [4.78, 5) is 0. The summed E-state index contributed by atoms with van der Waals surface area (Å²) in [6, 6.07) is 16.5. The molecule has 0 atom stereocenters. The van der Waals surface area contributed by atoms with E-state index in [0.29, 0.717) is 12.5 Å². The minimum atomic E-state index is 0.586. The minimum absolute atomic E-state index is 0.586. The standard InChI is InChI=1S/C18H22BrNO/c1-14(2)11-20-12-15-7-9-16(10-8-15)13-21-18-6-4-3-5-17(18)19/h3-10,14,20H,11-13H2,1-2H3. The zero-order valence-electron chi connectivity index (χ0n) is 12.6. The number of para-hydroxylation sites is 1. The van der Waals surface area contributed by atoms with E-state index in [1.54, 1.807) is 0 Å². The molecule has 0 amide bonds. The van der Waals surface area contributed by atoms with Crippen molar-refractivity contribution >= 4 is 15.9 Å². The van der Waals surface area contributed by atoms with E-state index >= 15 is 0 Å². The van der Waals surface area contributed by atoms with Gasteiger partial charge in [0.2, 0.25) is 0 Å². The van der Waals surface area contributed by atoms with Gasteiger partial charge in [-0.05, 0) is 51.7 Å². The first kappa shape index (κ1) is 16.1. The molecule has 0 fully saturated rings. The van der Waals surface area contributed by atoms with Crippen LogP contribution in [0.3, 0.4) is 0 Å². The Hall–Kier alpha value is -1.32. The molecule has 2 rings (SSSR count). The van der Waals surface area contributed by atoms with Crippen LogP contribution >= 0.6 is 15.9 Å². The quantitative estimate of drug-likeness (QED) is 0.778. The molecule has 2 nitrogen and oxygen atoms in total. The molecule has 0 aliphatic rings. The van der Waals surface area contributed by atoms with Gasteiger partial charge in [-0.2, -0.15) is 0 Å². The zero-order valence-corrected chi connectivity index (χ0v) is 14.2. The molecule has 2 aromatic rings. The predicted octanol–water partition coefficient (Wildman–Crippen LogP) is 4.77. The second kappa shape index (κ2) is 8.20. The normalized spacial score (nSPS) is 10.9. The third-order valence-corrected chi connectivity index (χ3v) is 3.79. The molecule has 0 saturated heterocycles. The number of rotatable bonds is 7. The molecule has 0 heterocycles. The van der Waals surface area contributed by atoms with Crippen LogP contribution in [0.5, 0.6) is 5.75 Å². The molecule has 0 saturated carbocycles. The monoisotopic (exact) mass is 347 g/mol. The van der Waals surface area contributed by atoms with Crippen LogP contribution in [-0.2, 0) is 13.2 Å². The minimum Gasteiger partial charge on any atom is -0.488 e. The van der Waals surface area contributed by atoms with E-state index in [1.807, 2.05) is 24.3 Å². The highest BCUT2D eigenvalue weighted by Crippen LogP contribution is 2.24. The first-order valence-corrected chi connectivity index (χ1v) is 8.10. The van der Waals surface area contributed by atoms with Crippen molar-refractivity contribution in [1.29, 1.82) is 0 Å². The molecule has 0 aromatic heterocycles. The summed E-state index contributed by atoms with van der Waals surface area (Å²) in [5.41, 5.74) is 2.48. The fourth-order valence-electron chi connectivity index (χ4n) is 1.98. The molecule has 0 aliphatic heterocycles. The second-order valence-electron chi connectivity index (χ2n) is 5.56. The fourth-order valence-corrected chi connectivity index (χ4v) is 2.38. The van der Waals surface area contributed by atoms with E-state index in [2.05, 4.69) is 59.4 Å². The SMILES string of the molecule is CC(C)CNCc1ccc(COc2ccccc2Br)cc1. The van der Waals surface area contributed by atoms with Crippen LogP contribution in [0.25, 0.3) is 0 Å². The molecule has 0 spiro atoms. The van der Waals surface area contributed by atoms with Gasteiger partial charge in [0, 0.05) is 6.54 Å². The van der Waals surface area contributed by atoms with Crippen LogP contribution in [-0.4, -0.2) is 6.54 Å². The maximum atomic E-state index is 5.81. The van der Waals surface area contributed by atoms with Gasteiger partial charge in [-0.15, -0.1) is 0 Å². The van der Waals surface area contributed by atoms with Crippen molar-refractivity contribution in [2.24, 2.45) is 5.92 Å². The molecule has 3 heteroatoms. The van der Waals surface area contributed by atoms with Gasteiger partial charge >= 0.3 is 0 Å². The molecular weight excluding hydrogens is 326 g/mol. The fraction of sp³-hybridized carbons (Fsp3) is 0.333. The summed E-state index contributed by atoms with van der Waals surface area (Å²) >= 11 is 3.49. The lowest BCUT2D eigenvalue weighted by molar-refractivity contribution is 0.304. The maximum absolute atomic E-state index is 5.81. The Labute approximate surface area is 135 Å². The molecule has 21 heavy (non-hydrogen) atoms. The third-order valence-electron chi connectivity index (χ3n) is 3.14. The second-order valence-corrected chi connectivity index (χ2v) is 6.41. The molecule has 112 valence electrons. The van der Waals surface area contributed by atoms with Crippen LogP contribution in [0.2, 0.25) is 0 Å². The van der Waals surface area contributed by atoms with Gasteiger partial charge in [-0.25, -0.2) is 0 Å². The topological polar surface area (TPSA) is 21.3 Å². The largest absolute Gasteiger partial charge is 0.488 e. The summed E-state index contributed by atoms with van der Waals surface area (Å²) in [6.07, 6.45) is 0. The van der Waals surface area contributed by atoms with Crippen molar-refractivity contribution in [3.8, 4) is 5.75 Å². The van der Waals surface area contributed by atoms with Crippen molar-refractivity contribution in [2.75, 3.05) is 6.54 Å². The van der Waals surface area contributed by atoms with Gasteiger partial charge in [0.15, 0.2) is 0 Å². The van der Waals surface area contributed by atoms with Crippen molar-refractivity contribution < 1.29 is 4.74 Å². The number of benzene rings is 2.